The second-order valence-electron chi connectivity index (χ2n) is 12.0. The monoisotopic (exact) mass is 696 g/mol. The first-order valence-corrected chi connectivity index (χ1v) is 15.8. The molecule has 11 nitrogen and oxygen atoms in total. The highest BCUT2D eigenvalue weighted by atomic mass is 35.5. The Balaban J connectivity index is 0.000000582. The number of amides is 1. The standard InChI is InChI=1S/C30H32ClFN4O5.C2HF3O2/c31-23-5-2-1-4-20(23)28-33-27(41-34-28)16-35-12-9-18(10-13-35)17-40-26-15-24(32)22(14-21(26)19-7-8-19)29(37)36-11-3-6-25(36)30(38)39;3-2(4,5)1(6)7/h1-2,4-5,14-15,18-19,25H,3,6-13,16-17H2,(H,38,39);(H,6,7)/t25-;/m0./s1. The Labute approximate surface area is 277 Å². The summed E-state index contributed by atoms with van der Waals surface area (Å²) < 4.78 is 58.6. The second kappa shape index (κ2) is 14.9. The number of carboxylic acids is 2. The van der Waals surface area contributed by atoms with Gasteiger partial charge in [0.05, 0.1) is 23.7 Å². The van der Waals surface area contributed by atoms with E-state index in [-0.39, 0.29) is 11.5 Å². The zero-order valence-electron chi connectivity index (χ0n) is 25.6. The molecule has 258 valence electrons. The number of aliphatic carboxylic acids is 2. The van der Waals surface area contributed by atoms with Crippen molar-refractivity contribution in [3.05, 3.63) is 64.3 Å². The number of likely N-dealkylation sites (tertiary alicyclic amines) is 2. The van der Waals surface area contributed by atoms with Crippen LogP contribution >= 0.6 is 11.6 Å². The third-order valence-electron chi connectivity index (χ3n) is 8.51. The van der Waals surface area contributed by atoms with Crippen molar-refractivity contribution in [2.45, 2.75) is 63.2 Å². The minimum Gasteiger partial charge on any atom is -0.493 e. The van der Waals surface area contributed by atoms with Crippen molar-refractivity contribution in [2.75, 3.05) is 26.2 Å². The number of hydrogen-bond donors (Lipinski definition) is 2. The lowest BCUT2D eigenvalue weighted by Crippen LogP contribution is -2.40. The molecule has 48 heavy (non-hydrogen) atoms. The molecule has 3 aliphatic rings. The second-order valence-corrected chi connectivity index (χ2v) is 12.4. The molecule has 3 aromatic rings. The molecule has 2 N–H and O–H groups in total. The lowest BCUT2D eigenvalue weighted by Gasteiger charge is -2.31. The molecular formula is C32H33ClF4N4O7. The number of alkyl halides is 3. The number of carbonyl (C=O) groups is 3. The first-order chi connectivity index (χ1) is 22.8. The summed E-state index contributed by atoms with van der Waals surface area (Å²) in [4.78, 5) is 41.6. The summed E-state index contributed by atoms with van der Waals surface area (Å²) in [7, 11) is 0. The first-order valence-electron chi connectivity index (χ1n) is 15.4. The number of aromatic nitrogens is 2. The molecule has 1 atom stereocenters. The van der Waals surface area contributed by atoms with E-state index in [0.717, 1.165) is 49.9 Å². The molecule has 0 unspecified atom stereocenters. The molecule has 0 spiro atoms. The van der Waals surface area contributed by atoms with Crippen molar-refractivity contribution >= 4 is 29.4 Å². The van der Waals surface area contributed by atoms with Crippen LogP contribution in [0.5, 0.6) is 5.75 Å². The highest BCUT2D eigenvalue weighted by Gasteiger charge is 2.39. The number of carboxylic acid groups (broad SMARTS) is 2. The van der Waals surface area contributed by atoms with E-state index in [9.17, 15) is 27.9 Å². The van der Waals surface area contributed by atoms with Crippen molar-refractivity contribution in [1.82, 2.24) is 19.9 Å². The largest absolute Gasteiger partial charge is 0.493 e. The van der Waals surface area contributed by atoms with Crippen LogP contribution < -0.4 is 4.74 Å². The van der Waals surface area contributed by atoms with E-state index in [1.54, 1.807) is 12.1 Å². The third kappa shape index (κ3) is 8.61. The SMILES string of the molecule is O=C(O)C(F)(F)F.O=C(O)[C@@H]1CCCN1C(=O)c1cc(C2CC2)c(OCC2CCN(Cc3nc(-c4ccccc4Cl)no3)CC2)cc1F. The quantitative estimate of drug-likeness (QED) is 0.255. The Hall–Kier alpha value is -4.24. The van der Waals surface area contributed by atoms with Gasteiger partial charge in [0, 0.05) is 18.2 Å². The van der Waals surface area contributed by atoms with Gasteiger partial charge in [-0.05, 0) is 87.2 Å². The molecule has 1 saturated carbocycles. The van der Waals surface area contributed by atoms with Crippen LogP contribution in [0.3, 0.4) is 0 Å². The number of carbonyl (C=O) groups excluding carboxylic acids is 1. The molecule has 3 heterocycles. The molecule has 1 aliphatic carbocycles. The fraction of sp³-hybridized carbons (Fsp3) is 0.469. The Morgan fingerprint density at radius 3 is 2.33 bits per heavy atom. The average molecular weight is 697 g/mol. The van der Waals surface area contributed by atoms with Gasteiger partial charge in [-0.15, -0.1) is 0 Å². The highest BCUT2D eigenvalue weighted by molar-refractivity contribution is 6.33. The van der Waals surface area contributed by atoms with Gasteiger partial charge < -0.3 is 24.4 Å². The lowest BCUT2D eigenvalue weighted by atomic mass is 9.97. The van der Waals surface area contributed by atoms with Crippen LogP contribution in [0.15, 0.2) is 40.9 Å². The summed E-state index contributed by atoms with van der Waals surface area (Å²) in [6.45, 7) is 3.02. The Morgan fingerprint density at radius 1 is 1.02 bits per heavy atom. The normalized spacial score (nSPS) is 18.7. The lowest BCUT2D eigenvalue weighted by molar-refractivity contribution is -0.192. The van der Waals surface area contributed by atoms with Crippen LogP contribution in [-0.2, 0) is 16.1 Å². The van der Waals surface area contributed by atoms with Gasteiger partial charge in [0.25, 0.3) is 5.91 Å². The summed E-state index contributed by atoms with van der Waals surface area (Å²) in [6, 6.07) is 9.38. The third-order valence-corrected chi connectivity index (χ3v) is 8.84. The van der Waals surface area contributed by atoms with E-state index in [0.29, 0.717) is 60.9 Å². The number of ether oxygens (including phenoxy) is 1. The van der Waals surface area contributed by atoms with Crippen LogP contribution in [-0.4, -0.2) is 86.5 Å². The van der Waals surface area contributed by atoms with E-state index >= 15 is 4.39 Å². The number of halogens is 5. The maximum absolute atomic E-state index is 15.2. The fourth-order valence-corrected chi connectivity index (χ4v) is 6.00. The van der Waals surface area contributed by atoms with Crippen LogP contribution in [0, 0.1) is 11.7 Å². The van der Waals surface area contributed by atoms with Gasteiger partial charge in [-0.1, -0.05) is 28.9 Å². The number of rotatable bonds is 9. The van der Waals surface area contributed by atoms with Crippen molar-refractivity contribution in [3.8, 4) is 17.1 Å². The van der Waals surface area contributed by atoms with E-state index in [1.807, 2.05) is 18.2 Å². The number of piperidine rings is 1. The summed E-state index contributed by atoms with van der Waals surface area (Å²) in [5.74, 6) is -3.00. The molecule has 1 amide bonds. The highest BCUT2D eigenvalue weighted by Crippen LogP contribution is 2.45. The van der Waals surface area contributed by atoms with E-state index in [2.05, 4.69) is 15.0 Å². The molecule has 16 heteroatoms. The summed E-state index contributed by atoms with van der Waals surface area (Å²) in [5.41, 5.74) is 1.50. The van der Waals surface area contributed by atoms with Crippen molar-refractivity contribution < 1.29 is 51.4 Å². The molecule has 6 rings (SSSR count). The summed E-state index contributed by atoms with van der Waals surface area (Å²) in [6.07, 6.45) is -0.356. The average Bonchev–Trinajstić information content (AvgIpc) is 3.57. The Bertz CT molecular complexity index is 1640. The zero-order valence-corrected chi connectivity index (χ0v) is 26.3. The van der Waals surface area contributed by atoms with Gasteiger partial charge in [-0.25, -0.2) is 14.0 Å². The smallest absolute Gasteiger partial charge is 0.490 e. The van der Waals surface area contributed by atoms with Crippen LogP contribution in [0.4, 0.5) is 17.6 Å². The maximum atomic E-state index is 15.2. The Kier molecular flexibility index (Phi) is 10.9. The molecule has 0 radical (unpaired) electrons. The molecule has 0 bridgehead atoms. The van der Waals surface area contributed by atoms with Gasteiger partial charge in [-0.2, -0.15) is 18.2 Å². The molecular weight excluding hydrogens is 664 g/mol. The maximum Gasteiger partial charge on any atom is 0.490 e. The molecule has 3 fully saturated rings. The van der Waals surface area contributed by atoms with Crippen molar-refractivity contribution in [1.29, 1.82) is 0 Å². The summed E-state index contributed by atoms with van der Waals surface area (Å²) in [5, 5.41) is 21.2. The molecule has 1 aromatic heterocycles. The van der Waals surface area contributed by atoms with Crippen LogP contribution in [0.1, 0.15) is 66.3 Å². The van der Waals surface area contributed by atoms with Gasteiger partial charge in [0.2, 0.25) is 11.7 Å². The van der Waals surface area contributed by atoms with Gasteiger partial charge in [0.15, 0.2) is 0 Å². The molecule has 2 saturated heterocycles. The van der Waals surface area contributed by atoms with E-state index < -0.39 is 35.9 Å². The van der Waals surface area contributed by atoms with Crippen LogP contribution in [0.2, 0.25) is 5.02 Å². The van der Waals surface area contributed by atoms with E-state index in [1.165, 1.54) is 11.0 Å². The predicted octanol–water partition coefficient (Wildman–Crippen LogP) is 6.02. The van der Waals surface area contributed by atoms with Gasteiger partial charge >= 0.3 is 18.1 Å². The van der Waals surface area contributed by atoms with Gasteiger partial charge in [0.1, 0.15) is 17.6 Å². The number of benzene rings is 2. The molecule has 2 aromatic carbocycles. The first kappa shape index (κ1) is 35.1. The van der Waals surface area contributed by atoms with E-state index in [4.69, 9.17) is 30.8 Å². The number of nitrogens with zero attached hydrogens (tertiary/aromatic N) is 4. The Morgan fingerprint density at radius 2 is 1.71 bits per heavy atom. The topological polar surface area (TPSA) is 146 Å². The fourth-order valence-electron chi connectivity index (χ4n) is 5.78. The molecule has 2 aliphatic heterocycles. The van der Waals surface area contributed by atoms with Gasteiger partial charge in [-0.3, -0.25) is 9.69 Å². The number of hydrogen-bond acceptors (Lipinski definition) is 8. The van der Waals surface area contributed by atoms with Crippen molar-refractivity contribution in [2.24, 2.45) is 5.92 Å². The minimum absolute atomic E-state index is 0.0700. The van der Waals surface area contributed by atoms with Crippen LogP contribution in [0.25, 0.3) is 11.4 Å². The zero-order chi connectivity index (χ0) is 34.6. The predicted molar refractivity (Wildman–Crippen MR) is 162 cm³/mol. The minimum atomic E-state index is -5.08. The van der Waals surface area contributed by atoms with Crippen molar-refractivity contribution in [3.63, 3.8) is 0 Å². The summed E-state index contributed by atoms with van der Waals surface area (Å²) >= 11 is 6.25.